The molecule has 4 rings (SSSR count). The number of benzene rings is 1. The van der Waals surface area contributed by atoms with Gasteiger partial charge >= 0.3 is 0 Å². The quantitative estimate of drug-likeness (QED) is 0.447. The van der Waals surface area contributed by atoms with Gasteiger partial charge in [-0.1, -0.05) is 22.9 Å². The third-order valence-electron chi connectivity index (χ3n) is 5.60. The molecule has 0 unspecified atom stereocenters. The summed E-state index contributed by atoms with van der Waals surface area (Å²) in [6.45, 7) is 9.46. The summed E-state index contributed by atoms with van der Waals surface area (Å²) >= 11 is 7.83. The summed E-state index contributed by atoms with van der Waals surface area (Å²) < 4.78 is 13.5. The van der Waals surface area contributed by atoms with Crippen molar-refractivity contribution in [3.8, 4) is 5.75 Å². The summed E-state index contributed by atoms with van der Waals surface area (Å²) in [5.41, 5.74) is 2.05. The van der Waals surface area contributed by atoms with Crippen LogP contribution in [0.5, 0.6) is 5.75 Å². The van der Waals surface area contributed by atoms with E-state index in [0.717, 1.165) is 49.7 Å². The van der Waals surface area contributed by atoms with Crippen molar-refractivity contribution in [1.82, 2.24) is 19.7 Å². The van der Waals surface area contributed by atoms with Gasteiger partial charge in [-0.2, -0.15) is 5.10 Å². The van der Waals surface area contributed by atoms with Gasteiger partial charge in [0.1, 0.15) is 11.3 Å². The number of anilines is 1. The zero-order valence-corrected chi connectivity index (χ0v) is 21.4. The maximum Gasteiger partial charge on any atom is 0.280 e. The van der Waals surface area contributed by atoms with Crippen LogP contribution >= 0.6 is 35.3 Å². The van der Waals surface area contributed by atoms with Crippen LogP contribution in [0.4, 0.5) is 5.13 Å². The highest BCUT2D eigenvalue weighted by Gasteiger charge is 2.25. The first-order valence-corrected chi connectivity index (χ1v) is 12.0. The first-order chi connectivity index (χ1) is 15.5. The number of nitrogens with zero attached hydrogens (tertiary/aromatic N) is 5. The monoisotopic (exact) mass is 513 g/mol. The van der Waals surface area contributed by atoms with E-state index in [1.807, 2.05) is 24.6 Å². The van der Waals surface area contributed by atoms with Crippen LogP contribution in [0.1, 0.15) is 29.5 Å². The van der Waals surface area contributed by atoms with Crippen LogP contribution in [-0.4, -0.2) is 72.1 Å². The van der Waals surface area contributed by atoms with E-state index in [1.165, 1.54) is 11.3 Å². The Morgan fingerprint density at radius 1 is 1.33 bits per heavy atom. The number of thiazole rings is 1. The molecule has 1 saturated heterocycles. The normalized spacial score (nSPS) is 14.3. The highest BCUT2D eigenvalue weighted by molar-refractivity contribution is 7.23. The average molecular weight is 514 g/mol. The Labute approximate surface area is 208 Å². The van der Waals surface area contributed by atoms with E-state index in [4.69, 9.17) is 26.1 Å². The van der Waals surface area contributed by atoms with Crippen molar-refractivity contribution in [3.63, 3.8) is 0 Å². The zero-order valence-electron chi connectivity index (χ0n) is 19.0. The van der Waals surface area contributed by atoms with Crippen LogP contribution in [-0.2, 0) is 11.3 Å². The molecule has 0 atom stereocenters. The Morgan fingerprint density at radius 3 is 2.76 bits per heavy atom. The minimum atomic E-state index is -0.156. The molecule has 0 saturated carbocycles. The maximum absolute atomic E-state index is 13.5. The lowest BCUT2D eigenvalue weighted by molar-refractivity contribution is 0.0376. The molecular formula is C22H29Cl2N5O3S. The number of morpholine rings is 1. The molecule has 1 aliphatic rings. The van der Waals surface area contributed by atoms with Crippen LogP contribution in [0.15, 0.2) is 18.2 Å². The molecule has 0 spiro atoms. The molecule has 0 bridgehead atoms. The van der Waals surface area contributed by atoms with Crippen molar-refractivity contribution in [2.75, 3.05) is 51.4 Å². The van der Waals surface area contributed by atoms with Crippen LogP contribution in [0.3, 0.4) is 0 Å². The second-order valence-electron chi connectivity index (χ2n) is 7.67. The highest BCUT2D eigenvalue weighted by Crippen LogP contribution is 2.39. The van der Waals surface area contributed by atoms with Gasteiger partial charge in [0.15, 0.2) is 10.8 Å². The van der Waals surface area contributed by atoms with Gasteiger partial charge in [-0.25, -0.2) is 4.98 Å². The van der Waals surface area contributed by atoms with Crippen molar-refractivity contribution < 1.29 is 14.3 Å². The number of aryl methyl sites for hydroxylation is 2. The third-order valence-corrected chi connectivity index (χ3v) is 7.14. The van der Waals surface area contributed by atoms with Crippen molar-refractivity contribution >= 4 is 56.6 Å². The lowest BCUT2D eigenvalue weighted by Gasteiger charge is -2.27. The number of hydrogen-bond acceptors (Lipinski definition) is 7. The summed E-state index contributed by atoms with van der Waals surface area (Å²) in [6.07, 6.45) is 0.819. The van der Waals surface area contributed by atoms with Crippen molar-refractivity contribution in [2.45, 2.75) is 26.8 Å². The minimum Gasteiger partial charge on any atom is -0.494 e. The summed E-state index contributed by atoms with van der Waals surface area (Å²) in [4.78, 5) is 22.4. The fourth-order valence-corrected chi connectivity index (χ4v) is 5.14. The number of halogens is 2. The Hall–Kier alpha value is -1.91. The first-order valence-electron chi connectivity index (χ1n) is 10.8. The lowest BCUT2D eigenvalue weighted by Crippen LogP contribution is -2.39. The summed E-state index contributed by atoms with van der Waals surface area (Å²) in [5, 5.41) is 5.70. The number of ether oxygens (including phenoxy) is 2. The van der Waals surface area contributed by atoms with Crippen LogP contribution < -0.4 is 9.64 Å². The fraction of sp³-hybridized carbons (Fsp3) is 0.500. The van der Waals surface area contributed by atoms with E-state index in [0.29, 0.717) is 40.2 Å². The number of rotatable bonds is 8. The number of hydrogen-bond donors (Lipinski definition) is 0. The number of carbonyl (C=O) groups excluding carboxylic acids is 1. The third kappa shape index (κ3) is 5.60. The standard InChI is InChI=1S/C22H28ClN5O3S.ClH/c1-4-28-15(2)14-17(25-28)21(29)27(9-5-8-26-10-12-31-13-11-26)22-24-19-18(30-3)7-6-16(23)20(19)32-22;/h6-7,14H,4-5,8-13H2,1-3H3;1H. The van der Waals surface area contributed by atoms with Crippen LogP contribution in [0, 0.1) is 6.92 Å². The number of aromatic nitrogens is 3. The molecule has 0 aliphatic carbocycles. The molecule has 1 aliphatic heterocycles. The maximum atomic E-state index is 13.5. The SMILES string of the molecule is CCn1nc(C(=O)N(CCCN2CCOCC2)c2nc3c(OC)ccc(Cl)c3s2)cc1C.Cl. The Morgan fingerprint density at radius 2 is 2.09 bits per heavy atom. The summed E-state index contributed by atoms with van der Waals surface area (Å²) in [6, 6.07) is 5.42. The Bertz CT molecular complexity index is 1100. The zero-order chi connectivity index (χ0) is 22.7. The minimum absolute atomic E-state index is 0. The van der Waals surface area contributed by atoms with Gasteiger partial charge < -0.3 is 9.47 Å². The summed E-state index contributed by atoms with van der Waals surface area (Å²) in [7, 11) is 1.60. The number of fused-ring (bicyclic) bond motifs is 1. The van der Waals surface area contributed by atoms with Gasteiger partial charge in [0.25, 0.3) is 5.91 Å². The highest BCUT2D eigenvalue weighted by atomic mass is 35.5. The second-order valence-corrected chi connectivity index (χ2v) is 9.06. The van der Waals surface area contributed by atoms with Crippen molar-refractivity contribution in [3.05, 3.63) is 34.6 Å². The van der Waals surface area contributed by atoms with E-state index >= 15 is 0 Å². The smallest absolute Gasteiger partial charge is 0.280 e. The topological polar surface area (TPSA) is 72.7 Å². The van der Waals surface area contributed by atoms with Gasteiger partial charge in [0.05, 0.1) is 30.0 Å². The van der Waals surface area contributed by atoms with Gasteiger partial charge in [-0.15, -0.1) is 12.4 Å². The summed E-state index contributed by atoms with van der Waals surface area (Å²) in [5.74, 6) is 0.482. The number of carbonyl (C=O) groups is 1. The molecule has 0 radical (unpaired) electrons. The second kappa shape index (κ2) is 11.5. The molecule has 1 aromatic carbocycles. The average Bonchev–Trinajstić information content (AvgIpc) is 3.42. The molecule has 1 fully saturated rings. The van der Waals surface area contributed by atoms with E-state index in [1.54, 1.807) is 24.1 Å². The number of amides is 1. The molecule has 8 nitrogen and oxygen atoms in total. The van der Waals surface area contributed by atoms with Gasteiger partial charge in [0.2, 0.25) is 0 Å². The van der Waals surface area contributed by atoms with E-state index in [9.17, 15) is 4.79 Å². The molecule has 1 amide bonds. The first kappa shape index (κ1) is 25.7. The van der Waals surface area contributed by atoms with Gasteiger partial charge in [0, 0.05) is 38.4 Å². The van der Waals surface area contributed by atoms with Crippen LogP contribution in [0.2, 0.25) is 5.02 Å². The van der Waals surface area contributed by atoms with Gasteiger partial charge in [-0.05, 0) is 38.5 Å². The van der Waals surface area contributed by atoms with Crippen molar-refractivity contribution in [2.24, 2.45) is 0 Å². The Kier molecular flexibility index (Phi) is 8.95. The van der Waals surface area contributed by atoms with E-state index in [-0.39, 0.29) is 18.3 Å². The molecule has 11 heteroatoms. The molecule has 3 heterocycles. The van der Waals surface area contributed by atoms with Gasteiger partial charge in [-0.3, -0.25) is 19.3 Å². The molecule has 0 N–H and O–H groups in total. The lowest BCUT2D eigenvalue weighted by atomic mass is 10.3. The number of methoxy groups -OCH3 is 1. The van der Waals surface area contributed by atoms with Crippen LogP contribution in [0.25, 0.3) is 10.2 Å². The molecule has 180 valence electrons. The largest absolute Gasteiger partial charge is 0.494 e. The predicted octanol–water partition coefficient (Wildman–Crippen LogP) is 4.27. The fourth-order valence-electron chi connectivity index (χ4n) is 3.86. The van der Waals surface area contributed by atoms with Crippen molar-refractivity contribution in [1.29, 1.82) is 0 Å². The van der Waals surface area contributed by atoms with E-state index < -0.39 is 0 Å². The molecule has 3 aromatic rings. The molecular weight excluding hydrogens is 485 g/mol. The Balaban J connectivity index is 0.00000306. The van der Waals surface area contributed by atoms with E-state index in [2.05, 4.69) is 10.00 Å². The molecule has 2 aromatic heterocycles. The predicted molar refractivity (Wildman–Crippen MR) is 135 cm³/mol. The molecule has 33 heavy (non-hydrogen) atoms.